The van der Waals surface area contributed by atoms with E-state index in [2.05, 4.69) is 0 Å². The van der Waals surface area contributed by atoms with Crippen molar-refractivity contribution >= 4 is 17.9 Å². The molecule has 0 atom stereocenters. The Morgan fingerprint density at radius 1 is 1.21 bits per heavy atom. The Kier molecular flexibility index (Phi) is 3.22. The van der Waals surface area contributed by atoms with Crippen LogP contribution in [0, 0.1) is 0 Å². The van der Waals surface area contributed by atoms with Crippen LogP contribution in [0.25, 0.3) is 0 Å². The van der Waals surface area contributed by atoms with Crippen LogP contribution in [-0.4, -0.2) is 39.2 Å². The molecule has 0 bridgehead atoms. The fraction of sp³-hybridized carbons (Fsp3) is 0.250. The standard InChI is InChI=1S/C12H12N2O5/c1-7(2)13(12(17)18)19-14-10(15)8-5-3-4-6-9(8)11(14)16/h3-7H,1-2H3,(H,17,18). The molecule has 0 saturated heterocycles. The summed E-state index contributed by atoms with van der Waals surface area (Å²) >= 11 is 0. The average Bonchev–Trinajstić information content (AvgIpc) is 2.59. The van der Waals surface area contributed by atoms with Crippen LogP contribution >= 0.6 is 0 Å². The van der Waals surface area contributed by atoms with E-state index in [4.69, 9.17) is 10.0 Å². The molecule has 1 aliphatic rings. The largest absolute Gasteiger partial charge is 0.463 e. The molecule has 1 aromatic rings. The van der Waals surface area contributed by atoms with Gasteiger partial charge in [-0.15, -0.1) is 10.0 Å². The summed E-state index contributed by atoms with van der Waals surface area (Å²) in [5.41, 5.74) is 0.392. The number of amides is 3. The van der Waals surface area contributed by atoms with Crippen LogP contribution in [-0.2, 0) is 4.94 Å². The van der Waals surface area contributed by atoms with Gasteiger partial charge >= 0.3 is 6.09 Å². The molecule has 0 unspecified atom stereocenters. The summed E-state index contributed by atoms with van der Waals surface area (Å²) in [5, 5.41) is 9.95. The molecule has 19 heavy (non-hydrogen) atoms. The van der Waals surface area contributed by atoms with Crippen molar-refractivity contribution in [2.75, 3.05) is 0 Å². The van der Waals surface area contributed by atoms with Gasteiger partial charge in [0.25, 0.3) is 11.8 Å². The molecule has 1 aromatic carbocycles. The topological polar surface area (TPSA) is 87.2 Å². The predicted octanol–water partition coefficient (Wildman–Crippen LogP) is 1.52. The minimum atomic E-state index is -1.38. The highest BCUT2D eigenvalue weighted by atomic mass is 16.9. The summed E-state index contributed by atoms with van der Waals surface area (Å²) in [6.45, 7) is 3.12. The molecule has 0 radical (unpaired) electrons. The smallest absolute Gasteiger partial charge is 0.433 e. The number of hydroxylamine groups is 4. The van der Waals surface area contributed by atoms with Crippen LogP contribution < -0.4 is 0 Å². The second-order valence-corrected chi connectivity index (χ2v) is 4.23. The van der Waals surface area contributed by atoms with Gasteiger partial charge < -0.3 is 5.11 Å². The van der Waals surface area contributed by atoms with E-state index in [0.29, 0.717) is 10.1 Å². The first-order valence-electron chi connectivity index (χ1n) is 5.61. The number of imide groups is 1. The van der Waals surface area contributed by atoms with Crippen LogP contribution in [0.3, 0.4) is 0 Å². The van der Waals surface area contributed by atoms with Gasteiger partial charge in [-0.05, 0) is 26.0 Å². The average molecular weight is 264 g/mol. The lowest BCUT2D eigenvalue weighted by Crippen LogP contribution is -2.44. The molecular weight excluding hydrogens is 252 g/mol. The predicted molar refractivity (Wildman–Crippen MR) is 63.0 cm³/mol. The molecule has 0 saturated carbocycles. The van der Waals surface area contributed by atoms with E-state index >= 15 is 0 Å². The molecular formula is C12H12N2O5. The number of carbonyl (C=O) groups is 3. The number of nitrogens with zero attached hydrogens (tertiary/aromatic N) is 2. The van der Waals surface area contributed by atoms with Crippen LogP contribution in [0.5, 0.6) is 0 Å². The zero-order valence-electron chi connectivity index (χ0n) is 10.4. The van der Waals surface area contributed by atoms with Crippen LogP contribution in [0.1, 0.15) is 34.6 Å². The number of hydrogen-bond donors (Lipinski definition) is 1. The van der Waals surface area contributed by atoms with Crippen LogP contribution in [0.15, 0.2) is 24.3 Å². The van der Waals surface area contributed by atoms with Crippen molar-refractivity contribution in [2.24, 2.45) is 0 Å². The highest BCUT2D eigenvalue weighted by Crippen LogP contribution is 2.23. The Hall–Kier alpha value is -2.41. The fourth-order valence-electron chi connectivity index (χ4n) is 1.68. The number of carboxylic acid groups (broad SMARTS) is 1. The van der Waals surface area contributed by atoms with Crippen molar-refractivity contribution in [3.05, 3.63) is 35.4 Å². The molecule has 1 aliphatic heterocycles. The number of carbonyl (C=O) groups excluding carboxylic acids is 2. The van der Waals surface area contributed by atoms with E-state index in [1.807, 2.05) is 0 Å². The van der Waals surface area contributed by atoms with Crippen molar-refractivity contribution in [2.45, 2.75) is 19.9 Å². The van der Waals surface area contributed by atoms with Gasteiger partial charge in [-0.2, -0.15) is 5.06 Å². The van der Waals surface area contributed by atoms with Crippen molar-refractivity contribution in [1.82, 2.24) is 10.1 Å². The number of rotatable bonds is 3. The Labute approximate surface area is 108 Å². The summed E-state index contributed by atoms with van der Waals surface area (Å²) in [6.07, 6.45) is -1.38. The molecule has 1 heterocycles. The molecule has 2 rings (SSSR count). The van der Waals surface area contributed by atoms with Gasteiger partial charge in [0.2, 0.25) is 0 Å². The monoisotopic (exact) mass is 264 g/mol. The lowest BCUT2D eigenvalue weighted by Gasteiger charge is -2.25. The number of benzene rings is 1. The first-order chi connectivity index (χ1) is 8.93. The van der Waals surface area contributed by atoms with Crippen molar-refractivity contribution in [3.63, 3.8) is 0 Å². The molecule has 1 N–H and O–H groups in total. The van der Waals surface area contributed by atoms with Gasteiger partial charge in [-0.3, -0.25) is 9.59 Å². The second kappa shape index (κ2) is 4.69. The molecule has 0 aliphatic carbocycles. The molecule has 7 nitrogen and oxygen atoms in total. The summed E-state index contributed by atoms with van der Waals surface area (Å²) in [6, 6.07) is 5.66. The normalized spacial score (nSPS) is 13.9. The lowest BCUT2D eigenvalue weighted by molar-refractivity contribution is -0.262. The minimum Gasteiger partial charge on any atom is -0.463 e. The quantitative estimate of drug-likeness (QED) is 0.660. The van der Waals surface area contributed by atoms with Crippen molar-refractivity contribution in [3.8, 4) is 0 Å². The summed E-state index contributed by atoms with van der Waals surface area (Å²) < 4.78 is 0. The van der Waals surface area contributed by atoms with Crippen molar-refractivity contribution < 1.29 is 24.4 Å². The Bertz CT molecular complexity index is 520. The molecule has 7 heteroatoms. The number of hydrogen-bond acceptors (Lipinski definition) is 4. The highest BCUT2D eigenvalue weighted by Gasteiger charge is 2.39. The summed E-state index contributed by atoms with van der Waals surface area (Å²) in [5.74, 6) is -1.35. The lowest BCUT2D eigenvalue weighted by atomic mass is 10.1. The Morgan fingerprint density at radius 2 is 1.68 bits per heavy atom. The second-order valence-electron chi connectivity index (χ2n) is 4.23. The van der Waals surface area contributed by atoms with Gasteiger partial charge in [0.05, 0.1) is 17.2 Å². The maximum atomic E-state index is 11.9. The van der Waals surface area contributed by atoms with Crippen LogP contribution in [0.2, 0.25) is 0 Å². The minimum absolute atomic E-state index is 0.196. The maximum Gasteiger partial charge on any atom is 0.433 e. The molecule has 0 aromatic heterocycles. The van der Waals surface area contributed by atoms with E-state index < -0.39 is 23.9 Å². The Balaban J connectivity index is 2.27. The first-order valence-corrected chi connectivity index (χ1v) is 5.61. The third-order valence-electron chi connectivity index (χ3n) is 2.58. The maximum absolute atomic E-state index is 11.9. The fourth-order valence-corrected chi connectivity index (χ4v) is 1.68. The van der Waals surface area contributed by atoms with E-state index in [-0.39, 0.29) is 11.1 Å². The Morgan fingerprint density at radius 3 is 2.05 bits per heavy atom. The van der Waals surface area contributed by atoms with Gasteiger partial charge in [0.15, 0.2) is 0 Å². The van der Waals surface area contributed by atoms with Crippen molar-refractivity contribution in [1.29, 1.82) is 0 Å². The molecule has 0 fully saturated rings. The zero-order valence-corrected chi connectivity index (χ0v) is 10.4. The van der Waals surface area contributed by atoms with Gasteiger partial charge in [-0.25, -0.2) is 4.79 Å². The zero-order chi connectivity index (χ0) is 14.2. The van der Waals surface area contributed by atoms with Gasteiger partial charge in [0, 0.05) is 0 Å². The van der Waals surface area contributed by atoms with Crippen LogP contribution in [0.4, 0.5) is 4.79 Å². The van der Waals surface area contributed by atoms with Gasteiger partial charge in [-0.1, -0.05) is 12.1 Å². The molecule has 100 valence electrons. The van der Waals surface area contributed by atoms with E-state index in [0.717, 1.165) is 0 Å². The number of fused-ring (bicyclic) bond motifs is 1. The molecule has 0 spiro atoms. The third-order valence-corrected chi connectivity index (χ3v) is 2.58. The van der Waals surface area contributed by atoms with Gasteiger partial charge in [0.1, 0.15) is 0 Å². The SMILES string of the molecule is CC(C)N(ON1C(=O)c2ccccc2C1=O)C(=O)O. The van der Waals surface area contributed by atoms with E-state index in [9.17, 15) is 14.4 Å². The molecule has 3 amide bonds. The summed E-state index contributed by atoms with van der Waals surface area (Å²) in [4.78, 5) is 39.8. The summed E-state index contributed by atoms with van der Waals surface area (Å²) in [7, 11) is 0. The van der Waals surface area contributed by atoms with E-state index in [1.165, 1.54) is 12.1 Å². The van der Waals surface area contributed by atoms with E-state index in [1.54, 1.807) is 26.0 Å². The first kappa shape index (κ1) is 13.0. The highest BCUT2D eigenvalue weighted by molar-refractivity contribution is 6.20. The third kappa shape index (κ3) is 2.15.